The SMILES string of the molecule is CCC(C)(CNC(C)C)Cc1ccccc1C. The lowest BCUT2D eigenvalue weighted by atomic mass is 9.80. The van der Waals surface area contributed by atoms with Crippen LogP contribution in [0.1, 0.15) is 45.2 Å². The van der Waals surface area contributed by atoms with Crippen molar-refractivity contribution in [3.05, 3.63) is 35.4 Å². The molecule has 1 unspecified atom stereocenters. The molecule has 0 aliphatic carbocycles. The highest BCUT2D eigenvalue weighted by molar-refractivity contribution is 5.26. The lowest BCUT2D eigenvalue weighted by Gasteiger charge is -2.30. The molecule has 0 aliphatic rings. The summed E-state index contributed by atoms with van der Waals surface area (Å²) in [5, 5.41) is 3.58. The monoisotopic (exact) mass is 233 g/mol. The second-order valence-corrected chi connectivity index (χ2v) is 5.80. The Bertz CT molecular complexity index is 343. The van der Waals surface area contributed by atoms with E-state index in [1.165, 1.54) is 17.5 Å². The molecule has 0 fully saturated rings. The number of rotatable bonds is 6. The molecule has 1 rings (SSSR count). The van der Waals surface area contributed by atoms with E-state index >= 15 is 0 Å². The van der Waals surface area contributed by atoms with Crippen molar-refractivity contribution in [1.82, 2.24) is 5.32 Å². The van der Waals surface area contributed by atoms with E-state index in [-0.39, 0.29) is 0 Å². The van der Waals surface area contributed by atoms with Crippen LogP contribution in [0, 0.1) is 12.3 Å². The van der Waals surface area contributed by atoms with Crippen LogP contribution in [-0.2, 0) is 6.42 Å². The Balaban J connectivity index is 2.71. The molecule has 0 aliphatic heterocycles. The molecule has 0 saturated carbocycles. The summed E-state index contributed by atoms with van der Waals surface area (Å²) in [4.78, 5) is 0. The average molecular weight is 233 g/mol. The highest BCUT2D eigenvalue weighted by Gasteiger charge is 2.23. The van der Waals surface area contributed by atoms with E-state index < -0.39 is 0 Å². The second kappa shape index (κ2) is 6.20. The van der Waals surface area contributed by atoms with Crippen LogP contribution >= 0.6 is 0 Å². The quantitative estimate of drug-likeness (QED) is 0.784. The molecular formula is C16H27N. The van der Waals surface area contributed by atoms with Crippen molar-refractivity contribution in [3.8, 4) is 0 Å². The van der Waals surface area contributed by atoms with Gasteiger partial charge >= 0.3 is 0 Å². The summed E-state index contributed by atoms with van der Waals surface area (Å²) < 4.78 is 0. The van der Waals surface area contributed by atoms with Crippen molar-refractivity contribution in [1.29, 1.82) is 0 Å². The highest BCUT2D eigenvalue weighted by atomic mass is 14.9. The molecule has 1 nitrogen and oxygen atoms in total. The van der Waals surface area contributed by atoms with Crippen molar-refractivity contribution in [2.24, 2.45) is 5.41 Å². The molecule has 0 spiro atoms. The van der Waals surface area contributed by atoms with Gasteiger partial charge in [-0.05, 0) is 36.3 Å². The standard InChI is InChI=1S/C16H27N/c1-6-16(5,12-17-13(2)3)11-15-10-8-7-9-14(15)4/h7-10,13,17H,6,11-12H2,1-5H3. The van der Waals surface area contributed by atoms with E-state index in [0.29, 0.717) is 11.5 Å². The molecule has 0 heterocycles. The topological polar surface area (TPSA) is 12.0 Å². The Labute approximate surface area is 107 Å². The van der Waals surface area contributed by atoms with Gasteiger partial charge in [-0.2, -0.15) is 0 Å². The molecule has 0 radical (unpaired) electrons. The van der Waals surface area contributed by atoms with Gasteiger partial charge in [0.1, 0.15) is 0 Å². The summed E-state index contributed by atoms with van der Waals surface area (Å²) in [6.45, 7) is 12.4. The van der Waals surface area contributed by atoms with Gasteiger partial charge in [0.2, 0.25) is 0 Å². The molecule has 0 saturated heterocycles. The highest BCUT2D eigenvalue weighted by Crippen LogP contribution is 2.27. The van der Waals surface area contributed by atoms with Gasteiger partial charge in [-0.1, -0.05) is 52.0 Å². The Hall–Kier alpha value is -0.820. The third kappa shape index (κ3) is 4.51. The van der Waals surface area contributed by atoms with Crippen molar-refractivity contribution < 1.29 is 0 Å². The van der Waals surface area contributed by atoms with Crippen LogP contribution in [0.25, 0.3) is 0 Å². The van der Waals surface area contributed by atoms with E-state index in [1.54, 1.807) is 0 Å². The minimum absolute atomic E-state index is 0.358. The third-order valence-electron chi connectivity index (χ3n) is 3.67. The summed E-state index contributed by atoms with van der Waals surface area (Å²) in [6.07, 6.45) is 2.37. The van der Waals surface area contributed by atoms with Crippen LogP contribution in [0.3, 0.4) is 0 Å². The summed E-state index contributed by atoms with van der Waals surface area (Å²) in [6, 6.07) is 9.31. The predicted molar refractivity (Wildman–Crippen MR) is 76.4 cm³/mol. The first-order chi connectivity index (χ1) is 7.97. The van der Waals surface area contributed by atoms with Crippen LogP contribution in [-0.4, -0.2) is 12.6 Å². The van der Waals surface area contributed by atoms with Gasteiger partial charge in [-0.15, -0.1) is 0 Å². The van der Waals surface area contributed by atoms with Gasteiger partial charge in [0, 0.05) is 12.6 Å². The fraction of sp³-hybridized carbons (Fsp3) is 0.625. The van der Waals surface area contributed by atoms with Gasteiger partial charge in [0.25, 0.3) is 0 Å². The normalized spacial score (nSPS) is 14.9. The summed E-state index contributed by atoms with van der Waals surface area (Å²) in [7, 11) is 0. The predicted octanol–water partition coefficient (Wildman–Crippen LogP) is 3.95. The molecule has 17 heavy (non-hydrogen) atoms. The molecule has 1 aromatic rings. The number of hydrogen-bond donors (Lipinski definition) is 1. The third-order valence-corrected chi connectivity index (χ3v) is 3.67. The second-order valence-electron chi connectivity index (χ2n) is 5.80. The van der Waals surface area contributed by atoms with Crippen molar-refractivity contribution >= 4 is 0 Å². The van der Waals surface area contributed by atoms with Crippen LogP contribution in [0.4, 0.5) is 0 Å². The zero-order chi connectivity index (χ0) is 12.9. The van der Waals surface area contributed by atoms with E-state index in [0.717, 1.165) is 13.0 Å². The Morgan fingerprint density at radius 1 is 1.24 bits per heavy atom. The first-order valence-electron chi connectivity index (χ1n) is 6.75. The van der Waals surface area contributed by atoms with Crippen molar-refractivity contribution in [3.63, 3.8) is 0 Å². The van der Waals surface area contributed by atoms with Crippen LogP contribution in [0.2, 0.25) is 0 Å². The largest absolute Gasteiger partial charge is 0.314 e. The van der Waals surface area contributed by atoms with Gasteiger partial charge in [0.05, 0.1) is 0 Å². The maximum Gasteiger partial charge on any atom is 0.00106 e. The Kier molecular flexibility index (Phi) is 5.20. The lowest BCUT2D eigenvalue weighted by Crippen LogP contribution is -2.36. The van der Waals surface area contributed by atoms with Gasteiger partial charge in [-0.3, -0.25) is 0 Å². The molecular weight excluding hydrogens is 206 g/mol. The maximum atomic E-state index is 3.58. The molecule has 0 aromatic heterocycles. The van der Waals surface area contributed by atoms with Crippen LogP contribution in [0.5, 0.6) is 0 Å². The fourth-order valence-electron chi connectivity index (χ4n) is 2.03. The number of hydrogen-bond acceptors (Lipinski definition) is 1. The first-order valence-corrected chi connectivity index (χ1v) is 6.75. The Morgan fingerprint density at radius 3 is 2.41 bits per heavy atom. The molecule has 0 bridgehead atoms. The average Bonchev–Trinajstić information content (AvgIpc) is 2.30. The van der Waals surface area contributed by atoms with Gasteiger partial charge in [0.15, 0.2) is 0 Å². The van der Waals surface area contributed by atoms with Crippen molar-refractivity contribution in [2.75, 3.05) is 6.54 Å². The van der Waals surface area contributed by atoms with Crippen LogP contribution in [0.15, 0.2) is 24.3 Å². The number of nitrogens with one attached hydrogen (secondary N) is 1. The molecule has 1 N–H and O–H groups in total. The molecule has 1 heteroatoms. The zero-order valence-electron chi connectivity index (χ0n) is 12.0. The smallest absolute Gasteiger partial charge is 0.00106 e. The number of aryl methyl sites for hydroxylation is 1. The molecule has 1 aromatic carbocycles. The first kappa shape index (κ1) is 14.2. The summed E-state index contributed by atoms with van der Waals surface area (Å²) in [5.74, 6) is 0. The van der Waals surface area contributed by atoms with Crippen molar-refractivity contribution in [2.45, 2.75) is 53.5 Å². The molecule has 96 valence electrons. The zero-order valence-corrected chi connectivity index (χ0v) is 12.0. The van der Waals surface area contributed by atoms with E-state index in [9.17, 15) is 0 Å². The van der Waals surface area contributed by atoms with E-state index in [1.807, 2.05) is 0 Å². The summed E-state index contributed by atoms with van der Waals surface area (Å²) in [5.41, 5.74) is 3.26. The van der Waals surface area contributed by atoms with Gasteiger partial charge < -0.3 is 5.32 Å². The van der Waals surface area contributed by atoms with E-state index in [2.05, 4.69) is 64.2 Å². The minimum Gasteiger partial charge on any atom is -0.314 e. The molecule has 0 amide bonds. The minimum atomic E-state index is 0.358. The van der Waals surface area contributed by atoms with Gasteiger partial charge in [-0.25, -0.2) is 0 Å². The molecule has 1 atom stereocenters. The summed E-state index contributed by atoms with van der Waals surface area (Å²) >= 11 is 0. The van der Waals surface area contributed by atoms with Crippen LogP contribution < -0.4 is 5.32 Å². The number of benzene rings is 1. The lowest BCUT2D eigenvalue weighted by molar-refractivity contribution is 0.281. The fourth-order valence-corrected chi connectivity index (χ4v) is 2.03. The van der Waals surface area contributed by atoms with E-state index in [4.69, 9.17) is 0 Å². The Morgan fingerprint density at radius 2 is 1.88 bits per heavy atom. The maximum absolute atomic E-state index is 3.58.